The second-order valence-electron chi connectivity index (χ2n) is 7.65. The molecule has 7 nitrogen and oxygen atoms in total. The predicted molar refractivity (Wildman–Crippen MR) is 126 cm³/mol. The third kappa shape index (κ3) is 6.97. The normalized spacial score (nSPS) is 14.8. The van der Waals surface area contributed by atoms with Crippen molar-refractivity contribution in [1.29, 1.82) is 0 Å². The molecule has 0 unspecified atom stereocenters. The smallest absolute Gasteiger partial charge is 0.305 e. The summed E-state index contributed by atoms with van der Waals surface area (Å²) in [4.78, 5) is 21.2. The molecule has 0 aliphatic carbocycles. The molecule has 1 aromatic carbocycles. The van der Waals surface area contributed by atoms with Crippen LogP contribution in [0.15, 0.2) is 18.2 Å². The van der Waals surface area contributed by atoms with E-state index in [0.717, 1.165) is 74.9 Å². The Morgan fingerprint density at radius 3 is 2.68 bits per heavy atom. The van der Waals surface area contributed by atoms with Crippen molar-refractivity contribution in [2.24, 2.45) is 7.05 Å². The summed E-state index contributed by atoms with van der Waals surface area (Å²) in [6, 6.07) is 6.22. The number of aromatic nitrogens is 2. The van der Waals surface area contributed by atoms with Crippen molar-refractivity contribution in [3.63, 3.8) is 0 Å². The molecule has 0 saturated carbocycles. The molecule has 0 spiro atoms. The van der Waals surface area contributed by atoms with E-state index in [9.17, 15) is 4.79 Å². The summed E-state index contributed by atoms with van der Waals surface area (Å²) in [5.41, 5.74) is 3.10. The van der Waals surface area contributed by atoms with Gasteiger partial charge in [0.25, 0.3) is 0 Å². The van der Waals surface area contributed by atoms with Crippen molar-refractivity contribution in [3.05, 3.63) is 24.0 Å². The summed E-state index contributed by atoms with van der Waals surface area (Å²) in [6.45, 7) is 6.02. The van der Waals surface area contributed by atoms with E-state index in [4.69, 9.17) is 37.7 Å². The van der Waals surface area contributed by atoms with Gasteiger partial charge in [-0.2, -0.15) is 0 Å². The highest BCUT2D eigenvalue weighted by molar-refractivity contribution is 6.18. The van der Waals surface area contributed by atoms with E-state index < -0.39 is 0 Å². The van der Waals surface area contributed by atoms with Gasteiger partial charge in [-0.1, -0.05) is 0 Å². The highest BCUT2D eigenvalue weighted by atomic mass is 35.5. The lowest BCUT2D eigenvalue weighted by molar-refractivity contribution is -0.144. The Hall–Kier alpha value is -1.54. The van der Waals surface area contributed by atoms with E-state index in [1.54, 1.807) is 0 Å². The number of alkyl halides is 2. The van der Waals surface area contributed by atoms with Crippen LogP contribution in [0.3, 0.4) is 0 Å². The quantitative estimate of drug-likeness (QED) is 0.350. The van der Waals surface area contributed by atoms with Crippen molar-refractivity contribution in [2.45, 2.75) is 19.3 Å². The van der Waals surface area contributed by atoms with Gasteiger partial charge in [0.1, 0.15) is 12.4 Å². The summed E-state index contributed by atoms with van der Waals surface area (Å²) < 4.78 is 12.8. The van der Waals surface area contributed by atoms with Gasteiger partial charge < -0.3 is 18.9 Å². The van der Waals surface area contributed by atoms with Gasteiger partial charge in [0.05, 0.1) is 24.2 Å². The van der Waals surface area contributed by atoms with E-state index in [0.29, 0.717) is 31.2 Å². The predicted octanol–water partition coefficient (Wildman–Crippen LogP) is 3.06. The number of nitrogens with zero attached hydrogens (tertiary/aromatic N) is 4. The SMILES string of the molecule is Cn1c(CCCC(=O)OCCN2CCOCC2)nc2ccc(N(CCCl)CCCl)cc21. The molecule has 0 atom stereocenters. The first-order valence-corrected chi connectivity index (χ1v) is 12.0. The highest BCUT2D eigenvalue weighted by Gasteiger charge is 2.14. The molecule has 2 aromatic rings. The monoisotopic (exact) mass is 470 g/mol. The van der Waals surface area contributed by atoms with Crippen LogP contribution in [0.25, 0.3) is 11.0 Å². The largest absolute Gasteiger partial charge is 0.464 e. The lowest BCUT2D eigenvalue weighted by Gasteiger charge is -2.26. The van der Waals surface area contributed by atoms with Crippen LogP contribution in [-0.2, 0) is 27.7 Å². The van der Waals surface area contributed by atoms with Crippen LogP contribution in [0, 0.1) is 0 Å². The molecule has 1 fully saturated rings. The molecule has 1 saturated heterocycles. The van der Waals surface area contributed by atoms with Crippen molar-refractivity contribution in [3.8, 4) is 0 Å². The van der Waals surface area contributed by atoms with E-state index in [1.807, 2.05) is 13.1 Å². The maximum atomic E-state index is 12.1. The molecule has 0 radical (unpaired) electrons. The second-order valence-corrected chi connectivity index (χ2v) is 8.41. The minimum absolute atomic E-state index is 0.146. The standard InChI is InChI=1S/C22H32Cl2N4O3/c1-26-20-17-18(28(9-7-23)10-8-24)5-6-19(20)25-21(26)3-2-4-22(29)31-16-13-27-11-14-30-15-12-27/h5-6,17H,2-4,7-16H2,1H3. The Bertz CT molecular complexity index is 834. The Labute approximate surface area is 194 Å². The van der Waals surface area contributed by atoms with Gasteiger partial charge in [-0.3, -0.25) is 9.69 Å². The zero-order chi connectivity index (χ0) is 22.1. The number of aryl methyl sites for hydroxylation is 2. The molecule has 2 heterocycles. The van der Waals surface area contributed by atoms with Crippen LogP contribution < -0.4 is 4.90 Å². The average Bonchev–Trinajstić information content (AvgIpc) is 3.09. The van der Waals surface area contributed by atoms with E-state index in [-0.39, 0.29) is 5.97 Å². The topological polar surface area (TPSA) is 59.8 Å². The van der Waals surface area contributed by atoms with Gasteiger partial charge in [0, 0.05) is 70.1 Å². The molecule has 31 heavy (non-hydrogen) atoms. The zero-order valence-electron chi connectivity index (χ0n) is 18.2. The maximum Gasteiger partial charge on any atom is 0.305 e. The van der Waals surface area contributed by atoms with E-state index >= 15 is 0 Å². The van der Waals surface area contributed by atoms with Crippen LogP contribution in [0.2, 0.25) is 0 Å². The zero-order valence-corrected chi connectivity index (χ0v) is 19.7. The number of anilines is 1. The first-order valence-electron chi connectivity index (χ1n) is 10.9. The van der Waals surface area contributed by atoms with Crippen LogP contribution in [0.4, 0.5) is 5.69 Å². The minimum atomic E-state index is -0.146. The van der Waals surface area contributed by atoms with Crippen molar-refractivity contribution in [1.82, 2.24) is 14.5 Å². The van der Waals surface area contributed by atoms with Gasteiger partial charge in [-0.05, 0) is 24.6 Å². The summed E-state index contributed by atoms with van der Waals surface area (Å²) in [5, 5.41) is 0. The highest BCUT2D eigenvalue weighted by Crippen LogP contribution is 2.23. The fourth-order valence-corrected chi connectivity index (χ4v) is 4.21. The van der Waals surface area contributed by atoms with Gasteiger partial charge in [-0.25, -0.2) is 4.98 Å². The number of esters is 1. The first-order chi connectivity index (χ1) is 15.1. The molecule has 0 bridgehead atoms. The molecule has 1 aromatic heterocycles. The molecular weight excluding hydrogens is 439 g/mol. The Morgan fingerprint density at radius 1 is 1.23 bits per heavy atom. The number of ether oxygens (including phenoxy) is 2. The second kappa shape index (κ2) is 12.5. The number of imidazole rings is 1. The number of hydrogen-bond donors (Lipinski definition) is 0. The third-order valence-corrected chi connectivity index (χ3v) is 5.92. The number of benzene rings is 1. The van der Waals surface area contributed by atoms with Crippen molar-refractivity contribution in [2.75, 3.05) is 69.2 Å². The number of carbonyl (C=O) groups excluding carboxylic acids is 1. The molecule has 0 amide bonds. The van der Waals surface area contributed by atoms with Crippen molar-refractivity contribution < 1.29 is 14.3 Å². The molecule has 3 rings (SSSR count). The lowest BCUT2D eigenvalue weighted by atomic mass is 10.2. The Balaban J connectivity index is 1.49. The van der Waals surface area contributed by atoms with Crippen LogP contribution in [0.1, 0.15) is 18.7 Å². The van der Waals surface area contributed by atoms with Gasteiger partial charge in [0.2, 0.25) is 0 Å². The fraction of sp³-hybridized carbons (Fsp3) is 0.636. The summed E-state index contributed by atoms with van der Waals surface area (Å²) in [7, 11) is 2.02. The molecule has 1 aliphatic heterocycles. The molecule has 172 valence electrons. The number of hydrogen-bond acceptors (Lipinski definition) is 6. The Morgan fingerprint density at radius 2 is 1.97 bits per heavy atom. The number of rotatable bonds is 12. The first kappa shape index (κ1) is 24.1. The van der Waals surface area contributed by atoms with Crippen LogP contribution in [-0.4, -0.2) is 84.7 Å². The van der Waals surface area contributed by atoms with Gasteiger partial charge in [0.15, 0.2) is 0 Å². The maximum absolute atomic E-state index is 12.1. The number of halogens is 2. The molecule has 9 heteroatoms. The Kier molecular flexibility index (Phi) is 9.71. The fourth-order valence-electron chi connectivity index (χ4n) is 3.80. The lowest BCUT2D eigenvalue weighted by Crippen LogP contribution is -2.38. The van der Waals surface area contributed by atoms with Crippen molar-refractivity contribution >= 4 is 45.9 Å². The molecule has 1 aliphatic rings. The number of fused-ring (bicyclic) bond motifs is 1. The average molecular weight is 471 g/mol. The van der Waals surface area contributed by atoms with E-state index in [1.165, 1.54) is 0 Å². The molecule has 0 N–H and O–H groups in total. The summed E-state index contributed by atoms with van der Waals surface area (Å²) in [5.74, 6) is 1.92. The third-order valence-electron chi connectivity index (χ3n) is 5.59. The van der Waals surface area contributed by atoms with E-state index in [2.05, 4.69) is 26.5 Å². The minimum Gasteiger partial charge on any atom is -0.464 e. The number of carbonyl (C=O) groups is 1. The molecular formula is C22H32Cl2N4O3. The van der Waals surface area contributed by atoms with Gasteiger partial charge in [-0.15, -0.1) is 23.2 Å². The summed E-state index contributed by atoms with van der Waals surface area (Å²) in [6.07, 6.45) is 1.84. The van der Waals surface area contributed by atoms with Gasteiger partial charge >= 0.3 is 5.97 Å². The van der Waals surface area contributed by atoms with Crippen LogP contribution >= 0.6 is 23.2 Å². The van der Waals surface area contributed by atoms with Crippen LogP contribution in [0.5, 0.6) is 0 Å². The number of morpholine rings is 1. The summed E-state index contributed by atoms with van der Waals surface area (Å²) >= 11 is 11.9.